The predicted octanol–water partition coefficient (Wildman–Crippen LogP) is 7.81. The van der Waals surface area contributed by atoms with Crippen LogP contribution in [0.1, 0.15) is 133 Å². The van der Waals surface area contributed by atoms with Gasteiger partial charge in [-0.15, -0.1) is 0 Å². The molecule has 1 saturated heterocycles. The molecule has 7 heteroatoms. The first kappa shape index (κ1) is 37.3. The van der Waals surface area contributed by atoms with Gasteiger partial charge < -0.3 is 19.8 Å². The van der Waals surface area contributed by atoms with Crippen molar-refractivity contribution in [3.63, 3.8) is 0 Å². The topological polar surface area (TPSA) is 90.3 Å². The maximum Gasteiger partial charge on any atom is 0.309 e. The number of hydrogen-bond acceptors (Lipinski definition) is 6. The minimum Gasteiger partial charge on any atom is -0.481 e. The minimum atomic E-state index is -1.13. The van der Waals surface area contributed by atoms with Crippen molar-refractivity contribution < 1.29 is 24.5 Å². The zero-order valence-electron chi connectivity index (χ0n) is 32.8. The number of piperazine rings is 1. The Balaban J connectivity index is 1.26. The molecule has 0 aromatic carbocycles. The maximum absolute atomic E-state index is 13.1. The van der Waals surface area contributed by atoms with Gasteiger partial charge in [-0.3, -0.25) is 14.5 Å². The van der Waals surface area contributed by atoms with Crippen molar-refractivity contribution in [1.29, 1.82) is 0 Å². The lowest BCUT2D eigenvalue weighted by Gasteiger charge is -2.72. The van der Waals surface area contributed by atoms with Crippen LogP contribution >= 0.6 is 0 Å². The van der Waals surface area contributed by atoms with Crippen LogP contribution in [-0.2, 0) is 14.3 Å². The number of hydrogen-bond donors (Lipinski definition) is 2. The Morgan fingerprint density at radius 3 is 2.18 bits per heavy atom. The number of allylic oxidation sites excluding steroid dienone is 1. The average molecular weight is 683 g/mol. The maximum atomic E-state index is 13.1. The molecule has 0 bridgehead atoms. The van der Waals surface area contributed by atoms with Crippen LogP contribution in [-0.4, -0.2) is 83.9 Å². The zero-order valence-corrected chi connectivity index (χ0v) is 32.8. The van der Waals surface area contributed by atoms with Crippen molar-refractivity contribution in [2.24, 2.45) is 56.2 Å². The van der Waals surface area contributed by atoms with Gasteiger partial charge in [0.1, 0.15) is 6.10 Å². The normalized spacial score (nSPS) is 41.8. The molecule has 5 fully saturated rings. The van der Waals surface area contributed by atoms with Gasteiger partial charge in [0.2, 0.25) is 0 Å². The molecular formula is C42H70N2O5. The van der Waals surface area contributed by atoms with E-state index in [0.717, 1.165) is 71.2 Å². The number of carbonyl (C=O) groups is 2. The SMILES string of the molecule is CC(C)C1=C2C3CCC4C5(C)CCC(OC(=O)CC(C)(C)C(=O)O)C(C)(C)C5CCC4(C)C3(C)CCC2(C(O)CN2CCN(C)CC2)CC1. The van der Waals surface area contributed by atoms with E-state index in [2.05, 4.69) is 65.3 Å². The van der Waals surface area contributed by atoms with E-state index < -0.39 is 11.4 Å². The summed E-state index contributed by atoms with van der Waals surface area (Å²) in [6, 6.07) is 0. The summed E-state index contributed by atoms with van der Waals surface area (Å²) in [7, 11) is 2.21. The highest BCUT2D eigenvalue weighted by Gasteiger charge is 2.70. The number of rotatable bonds is 8. The average Bonchev–Trinajstić information content (AvgIpc) is 3.41. The van der Waals surface area contributed by atoms with Crippen molar-refractivity contribution in [2.75, 3.05) is 39.8 Å². The number of fused-ring (bicyclic) bond motifs is 7. The molecule has 0 spiro atoms. The molecule has 9 unspecified atom stereocenters. The highest BCUT2D eigenvalue weighted by Crippen LogP contribution is 2.77. The van der Waals surface area contributed by atoms with Crippen molar-refractivity contribution in [3.05, 3.63) is 11.1 Å². The molecule has 1 aliphatic heterocycles. The van der Waals surface area contributed by atoms with Crippen LogP contribution in [0.5, 0.6) is 0 Å². The molecule has 6 aliphatic rings. The van der Waals surface area contributed by atoms with Gasteiger partial charge in [0.15, 0.2) is 0 Å². The van der Waals surface area contributed by atoms with Gasteiger partial charge in [-0.2, -0.15) is 0 Å². The number of carboxylic acid groups (broad SMARTS) is 1. The van der Waals surface area contributed by atoms with E-state index in [0.29, 0.717) is 23.7 Å². The molecule has 0 aromatic rings. The highest BCUT2D eigenvalue weighted by molar-refractivity contribution is 5.81. The van der Waals surface area contributed by atoms with Crippen LogP contribution in [0.2, 0.25) is 0 Å². The molecule has 4 saturated carbocycles. The first-order valence-corrected chi connectivity index (χ1v) is 20.0. The van der Waals surface area contributed by atoms with Gasteiger partial charge in [-0.25, -0.2) is 0 Å². The Morgan fingerprint density at radius 1 is 0.878 bits per heavy atom. The first-order valence-electron chi connectivity index (χ1n) is 20.0. The van der Waals surface area contributed by atoms with E-state index in [-0.39, 0.29) is 51.7 Å². The van der Waals surface area contributed by atoms with E-state index in [1.54, 1.807) is 25.0 Å². The summed E-state index contributed by atoms with van der Waals surface area (Å²) in [4.78, 5) is 29.7. The third-order valence-electron chi connectivity index (χ3n) is 16.8. The van der Waals surface area contributed by atoms with E-state index >= 15 is 0 Å². The number of aliphatic carboxylic acids is 1. The Morgan fingerprint density at radius 2 is 1.55 bits per heavy atom. The van der Waals surface area contributed by atoms with Crippen LogP contribution in [0, 0.1) is 56.2 Å². The lowest BCUT2D eigenvalue weighted by Crippen LogP contribution is -2.66. The second kappa shape index (κ2) is 12.6. The fourth-order valence-corrected chi connectivity index (χ4v) is 13.5. The predicted molar refractivity (Wildman–Crippen MR) is 195 cm³/mol. The fourth-order valence-electron chi connectivity index (χ4n) is 13.5. The molecule has 7 nitrogen and oxygen atoms in total. The van der Waals surface area contributed by atoms with Crippen molar-refractivity contribution in [1.82, 2.24) is 9.80 Å². The number of carbonyl (C=O) groups excluding carboxylic acids is 1. The van der Waals surface area contributed by atoms with Crippen LogP contribution in [0.25, 0.3) is 0 Å². The van der Waals surface area contributed by atoms with Crippen LogP contribution in [0.15, 0.2) is 11.1 Å². The summed E-state index contributed by atoms with van der Waals surface area (Å²) >= 11 is 0. The van der Waals surface area contributed by atoms with Crippen LogP contribution < -0.4 is 0 Å². The number of esters is 1. The van der Waals surface area contributed by atoms with Crippen LogP contribution in [0.3, 0.4) is 0 Å². The van der Waals surface area contributed by atoms with E-state index in [1.165, 1.54) is 25.7 Å². The van der Waals surface area contributed by atoms with E-state index in [1.807, 2.05) is 0 Å². The molecule has 6 rings (SSSR count). The summed E-state index contributed by atoms with van der Waals surface area (Å²) in [6.45, 7) is 25.6. The molecule has 0 radical (unpaired) electrons. The van der Waals surface area contributed by atoms with Gasteiger partial charge in [0, 0.05) is 43.6 Å². The highest BCUT2D eigenvalue weighted by atomic mass is 16.5. The number of ether oxygens (including phenoxy) is 1. The largest absolute Gasteiger partial charge is 0.481 e. The van der Waals surface area contributed by atoms with E-state index in [9.17, 15) is 19.8 Å². The number of carboxylic acids is 1. The molecule has 278 valence electrons. The lowest BCUT2D eigenvalue weighted by atomic mass is 9.33. The minimum absolute atomic E-state index is 0.0729. The molecule has 2 N–H and O–H groups in total. The van der Waals surface area contributed by atoms with Crippen molar-refractivity contribution in [3.8, 4) is 0 Å². The van der Waals surface area contributed by atoms with Gasteiger partial charge in [-0.1, -0.05) is 59.6 Å². The molecule has 5 aliphatic carbocycles. The molecular weight excluding hydrogens is 612 g/mol. The fraction of sp³-hybridized carbons (Fsp3) is 0.905. The molecule has 0 aromatic heterocycles. The number of β-amino-alcohol motifs (C(OH)–C–C–N with tert-alkyl or cyclic N) is 1. The molecule has 49 heavy (non-hydrogen) atoms. The third kappa shape index (κ3) is 5.77. The van der Waals surface area contributed by atoms with Crippen LogP contribution in [0.4, 0.5) is 0 Å². The summed E-state index contributed by atoms with van der Waals surface area (Å²) in [5.74, 6) is 0.765. The third-order valence-corrected chi connectivity index (χ3v) is 16.8. The second-order valence-corrected chi connectivity index (χ2v) is 20.2. The summed E-state index contributed by atoms with van der Waals surface area (Å²) in [6.07, 6.45) is 10.7. The number of aliphatic hydroxyl groups excluding tert-OH is 1. The van der Waals surface area contributed by atoms with Gasteiger partial charge in [0.25, 0.3) is 0 Å². The Bertz CT molecular complexity index is 1330. The monoisotopic (exact) mass is 683 g/mol. The second-order valence-electron chi connectivity index (χ2n) is 20.2. The molecule has 9 atom stereocenters. The van der Waals surface area contributed by atoms with Gasteiger partial charge in [-0.05, 0) is 125 Å². The standard InChI is InChI=1S/C42H70N2O5/c1-27(2)28-13-18-42(32(45)26-44-23-21-43(10)22-24-44)20-19-40(8)29(35(28)42)11-12-31-39(7)16-15-33(49-34(46)25-37(3,4)36(47)48)38(5,6)30(39)14-17-41(31,40)9/h27,29-33,45H,11-26H2,1-10H3,(H,47,48). The summed E-state index contributed by atoms with van der Waals surface area (Å²) < 4.78 is 6.19. The number of nitrogens with zero attached hydrogens (tertiary/aromatic N) is 2. The number of likely N-dealkylation sites (N-methyl/N-ethyl adjacent to an activating group) is 1. The van der Waals surface area contributed by atoms with Crippen molar-refractivity contribution in [2.45, 2.75) is 145 Å². The van der Waals surface area contributed by atoms with Gasteiger partial charge in [0.05, 0.1) is 17.9 Å². The summed E-state index contributed by atoms with van der Waals surface area (Å²) in [5.41, 5.74) is 2.55. The smallest absolute Gasteiger partial charge is 0.309 e. The Kier molecular flexibility index (Phi) is 9.60. The van der Waals surface area contributed by atoms with Crippen molar-refractivity contribution >= 4 is 11.9 Å². The molecule has 1 heterocycles. The first-order chi connectivity index (χ1) is 22.7. The van der Waals surface area contributed by atoms with E-state index in [4.69, 9.17) is 4.74 Å². The Labute approximate surface area is 298 Å². The number of aliphatic hydroxyl groups is 1. The molecule has 0 amide bonds. The Hall–Kier alpha value is -1.44. The zero-order chi connectivity index (χ0) is 35.9. The summed E-state index contributed by atoms with van der Waals surface area (Å²) in [5, 5.41) is 21.9. The lowest BCUT2D eigenvalue weighted by molar-refractivity contribution is -0.235. The van der Waals surface area contributed by atoms with Gasteiger partial charge >= 0.3 is 11.9 Å². The quantitative estimate of drug-likeness (QED) is 0.199.